The predicted octanol–water partition coefficient (Wildman–Crippen LogP) is 1.50. The quantitative estimate of drug-likeness (QED) is 0.765. The summed E-state index contributed by atoms with van der Waals surface area (Å²) in [6, 6.07) is 1.18. The lowest BCUT2D eigenvalue weighted by Crippen LogP contribution is -2.29. The van der Waals surface area contributed by atoms with Crippen LogP contribution < -0.4 is 11.1 Å². The third-order valence-corrected chi connectivity index (χ3v) is 2.78. The maximum Gasteiger partial charge on any atom is 0.309 e. The van der Waals surface area contributed by atoms with Crippen LogP contribution >= 0.6 is 0 Å². The van der Waals surface area contributed by atoms with Crippen molar-refractivity contribution in [1.29, 1.82) is 0 Å². The molecule has 1 aromatic carbocycles. The first-order valence-electron chi connectivity index (χ1n) is 5.86. The molecule has 0 unspecified atom stereocenters. The summed E-state index contributed by atoms with van der Waals surface area (Å²) < 4.78 is 26.8. The van der Waals surface area contributed by atoms with Gasteiger partial charge in [-0.3, -0.25) is 14.4 Å². The number of carbonyl (C=O) groups is 3. The molecule has 21 heavy (non-hydrogen) atoms. The zero-order valence-electron chi connectivity index (χ0n) is 11.4. The molecule has 1 rings (SSSR count). The first-order valence-corrected chi connectivity index (χ1v) is 5.86. The van der Waals surface area contributed by atoms with E-state index in [-0.39, 0.29) is 0 Å². The van der Waals surface area contributed by atoms with Gasteiger partial charge in [-0.25, -0.2) is 8.78 Å². The summed E-state index contributed by atoms with van der Waals surface area (Å²) in [5.41, 5.74) is 2.53. The minimum absolute atomic E-state index is 0.415. The lowest BCUT2D eigenvalue weighted by Gasteiger charge is -2.18. The third kappa shape index (κ3) is 3.98. The van der Waals surface area contributed by atoms with Gasteiger partial charge in [-0.05, 0) is 19.9 Å². The number of nitrogens with two attached hydrogens (primary N) is 1. The van der Waals surface area contributed by atoms with E-state index in [0.717, 1.165) is 6.07 Å². The highest BCUT2D eigenvalue weighted by atomic mass is 19.1. The average Bonchev–Trinajstić information content (AvgIpc) is 2.31. The molecular weight excluding hydrogens is 286 g/mol. The summed E-state index contributed by atoms with van der Waals surface area (Å²) >= 11 is 0. The van der Waals surface area contributed by atoms with Crippen molar-refractivity contribution in [2.24, 2.45) is 11.1 Å². The fourth-order valence-corrected chi connectivity index (χ4v) is 1.51. The van der Waals surface area contributed by atoms with E-state index in [0.29, 0.717) is 6.07 Å². The van der Waals surface area contributed by atoms with Gasteiger partial charge in [-0.15, -0.1) is 0 Å². The molecule has 1 aromatic rings. The van der Waals surface area contributed by atoms with Gasteiger partial charge in [0.2, 0.25) is 5.91 Å². The Morgan fingerprint density at radius 2 is 1.81 bits per heavy atom. The summed E-state index contributed by atoms with van der Waals surface area (Å²) in [6.07, 6.45) is -0.426. The molecule has 0 saturated carbocycles. The average molecular weight is 300 g/mol. The summed E-state index contributed by atoms with van der Waals surface area (Å²) in [5.74, 6) is -5.35. The van der Waals surface area contributed by atoms with Gasteiger partial charge in [0.15, 0.2) is 0 Å². The molecule has 114 valence electrons. The Kier molecular flexibility index (Phi) is 4.62. The second kappa shape index (κ2) is 5.86. The number of benzene rings is 1. The molecule has 0 aromatic heterocycles. The fourth-order valence-electron chi connectivity index (χ4n) is 1.51. The Labute approximate surface area is 118 Å². The van der Waals surface area contributed by atoms with Gasteiger partial charge in [0.1, 0.15) is 11.6 Å². The number of hydrogen-bond acceptors (Lipinski definition) is 3. The van der Waals surface area contributed by atoms with Crippen LogP contribution in [0.2, 0.25) is 0 Å². The summed E-state index contributed by atoms with van der Waals surface area (Å²) in [4.78, 5) is 33.6. The maximum absolute atomic E-state index is 13.5. The monoisotopic (exact) mass is 300 g/mol. The number of hydrogen-bond donors (Lipinski definition) is 3. The highest BCUT2D eigenvalue weighted by molar-refractivity contribution is 5.97. The van der Waals surface area contributed by atoms with Crippen LogP contribution in [0.1, 0.15) is 30.6 Å². The zero-order valence-corrected chi connectivity index (χ0v) is 11.4. The van der Waals surface area contributed by atoms with E-state index in [9.17, 15) is 23.2 Å². The van der Waals surface area contributed by atoms with Crippen molar-refractivity contribution >= 4 is 23.5 Å². The number of aliphatic carboxylic acids is 1. The highest BCUT2D eigenvalue weighted by Gasteiger charge is 2.30. The highest BCUT2D eigenvalue weighted by Crippen LogP contribution is 2.23. The molecule has 0 atom stereocenters. The van der Waals surface area contributed by atoms with E-state index in [4.69, 9.17) is 10.8 Å². The van der Waals surface area contributed by atoms with Crippen molar-refractivity contribution in [2.45, 2.75) is 20.3 Å². The van der Waals surface area contributed by atoms with E-state index in [1.807, 2.05) is 0 Å². The standard InChI is InChI=1S/C13H14F2N2O4/c1-13(2,12(20)21)5-10(18)17-9-3-6(11(16)19)7(14)4-8(9)15/h3-4H,5H2,1-2H3,(H2,16,19)(H,17,18)(H,20,21). The Morgan fingerprint density at radius 3 is 2.29 bits per heavy atom. The molecule has 0 saturated heterocycles. The molecule has 0 bridgehead atoms. The number of rotatable bonds is 5. The molecule has 0 heterocycles. The first-order chi connectivity index (χ1) is 9.54. The van der Waals surface area contributed by atoms with Gasteiger partial charge in [0, 0.05) is 12.5 Å². The molecule has 0 aliphatic rings. The minimum atomic E-state index is -1.35. The molecule has 0 radical (unpaired) electrons. The van der Waals surface area contributed by atoms with Crippen molar-refractivity contribution in [3.63, 3.8) is 0 Å². The van der Waals surface area contributed by atoms with Crippen LogP contribution in [-0.4, -0.2) is 22.9 Å². The van der Waals surface area contributed by atoms with E-state index < -0.39 is 52.5 Å². The lowest BCUT2D eigenvalue weighted by atomic mass is 9.89. The Bertz CT molecular complexity index is 614. The van der Waals surface area contributed by atoms with E-state index >= 15 is 0 Å². The molecule has 0 aliphatic heterocycles. The van der Waals surface area contributed by atoms with E-state index in [1.54, 1.807) is 0 Å². The Morgan fingerprint density at radius 1 is 1.24 bits per heavy atom. The van der Waals surface area contributed by atoms with Crippen molar-refractivity contribution < 1.29 is 28.3 Å². The number of halogens is 2. The fraction of sp³-hybridized carbons (Fsp3) is 0.308. The third-order valence-electron chi connectivity index (χ3n) is 2.78. The topological polar surface area (TPSA) is 109 Å². The van der Waals surface area contributed by atoms with Gasteiger partial charge in [0.05, 0.1) is 16.7 Å². The molecule has 2 amide bonds. The van der Waals surface area contributed by atoms with Crippen LogP contribution in [0.25, 0.3) is 0 Å². The maximum atomic E-state index is 13.5. The second-order valence-corrected chi connectivity index (χ2v) is 5.09. The molecular formula is C13H14F2N2O4. The van der Waals surface area contributed by atoms with Gasteiger partial charge in [-0.1, -0.05) is 0 Å². The molecule has 8 heteroatoms. The number of anilines is 1. The van der Waals surface area contributed by atoms with Gasteiger partial charge >= 0.3 is 5.97 Å². The minimum Gasteiger partial charge on any atom is -0.481 e. The van der Waals surface area contributed by atoms with Gasteiger partial charge < -0.3 is 16.2 Å². The number of carbonyl (C=O) groups excluding carboxylic acids is 2. The van der Waals surface area contributed by atoms with Crippen LogP contribution in [0.15, 0.2) is 12.1 Å². The van der Waals surface area contributed by atoms with Crippen molar-refractivity contribution in [1.82, 2.24) is 0 Å². The largest absolute Gasteiger partial charge is 0.481 e. The van der Waals surface area contributed by atoms with Crippen molar-refractivity contribution in [2.75, 3.05) is 5.32 Å². The number of carboxylic acids is 1. The molecule has 0 spiro atoms. The first kappa shape index (κ1) is 16.5. The molecule has 0 fully saturated rings. The van der Waals surface area contributed by atoms with Crippen LogP contribution in [0.5, 0.6) is 0 Å². The van der Waals surface area contributed by atoms with Gasteiger partial charge in [0.25, 0.3) is 5.91 Å². The molecule has 6 nitrogen and oxygen atoms in total. The molecule has 4 N–H and O–H groups in total. The van der Waals surface area contributed by atoms with Crippen LogP contribution in [0, 0.1) is 17.0 Å². The summed E-state index contributed by atoms with van der Waals surface area (Å²) in [6.45, 7) is 2.65. The van der Waals surface area contributed by atoms with E-state index in [2.05, 4.69) is 5.32 Å². The molecule has 0 aliphatic carbocycles. The predicted molar refractivity (Wildman–Crippen MR) is 69.5 cm³/mol. The van der Waals surface area contributed by atoms with Gasteiger partial charge in [-0.2, -0.15) is 0 Å². The number of carboxylic acid groups (broad SMARTS) is 1. The SMILES string of the molecule is CC(C)(CC(=O)Nc1cc(C(N)=O)c(F)cc1F)C(=O)O. The number of primary amides is 1. The Balaban J connectivity index is 2.98. The van der Waals surface area contributed by atoms with Crippen LogP contribution in [-0.2, 0) is 9.59 Å². The second-order valence-electron chi connectivity index (χ2n) is 5.09. The lowest BCUT2D eigenvalue weighted by molar-refractivity contribution is -0.148. The van der Waals surface area contributed by atoms with Crippen molar-refractivity contribution in [3.05, 3.63) is 29.3 Å². The smallest absolute Gasteiger partial charge is 0.309 e. The number of amides is 2. The normalized spacial score (nSPS) is 11.0. The number of nitrogens with one attached hydrogen (secondary N) is 1. The summed E-state index contributed by atoms with van der Waals surface area (Å²) in [5, 5.41) is 11.0. The van der Waals surface area contributed by atoms with Crippen LogP contribution in [0.3, 0.4) is 0 Å². The van der Waals surface area contributed by atoms with Crippen LogP contribution in [0.4, 0.5) is 14.5 Å². The van der Waals surface area contributed by atoms with Crippen molar-refractivity contribution in [3.8, 4) is 0 Å². The van der Waals surface area contributed by atoms with E-state index in [1.165, 1.54) is 13.8 Å². The Hall–Kier alpha value is -2.51. The summed E-state index contributed by atoms with van der Waals surface area (Å²) in [7, 11) is 0. The zero-order chi connectivity index (χ0) is 16.4.